The largest absolute Gasteiger partial charge is 0.468 e. The monoisotopic (exact) mass is 223 g/mol. The minimum atomic E-state index is -3.46. The van der Waals surface area contributed by atoms with E-state index in [9.17, 15) is 13.2 Å². The number of ether oxygens (including phenoxy) is 1. The third kappa shape index (κ3) is 2.66. The van der Waals surface area contributed by atoms with E-state index in [1.807, 2.05) is 0 Å². The Labute approximate surface area is 82.3 Å². The average Bonchev–Trinajstić information content (AvgIpc) is 2.96. The second-order valence-corrected chi connectivity index (χ2v) is 5.11. The fourth-order valence-corrected chi connectivity index (χ4v) is 2.49. The number of nitrogens with one attached hydrogen (secondary N) is 1. The van der Waals surface area contributed by atoms with Crippen molar-refractivity contribution in [1.29, 1.82) is 0 Å². The Morgan fingerprint density at radius 2 is 2.21 bits per heavy atom. The number of aliphatic hydroxyl groups excluding tert-OH is 1. The van der Waals surface area contributed by atoms with Crippen molar-refractivity contribution in [2.45, 2.75) is 24.1 Å². The molecule has 82 valence electrons. The molecule has 0 amide bonds. The molecule has 0 bridgehead atoms. The normalized spacial score (nSPS) is 19.0. The van der Waals surface area contributed by atoms with Crippen LogP contribution >= 0.6 is 0 Å². The van der Waals surface area contributed by atoms with Crippen LogP contribution in [0, 0.1) is 0 Å². The topological polar surface area (TPSA) is 92.7 Å². The summed E-state index contributed by atoms with van der Waals surface area (Å²) in [4.78, 5) is 11.0. The van der Waals surface area contributed by atoms with Crippen LogP contribution in [0.25, 0.3) is 0 Å². The summed E-state index contributed by atoms with van der Waals surface area (Å²) in [5.74, 6) is -0.781. The lowest BCUT2D eigenvalue weighted by molar-refractivity contribution is -0.143. The third-order valence-electron chi connectivity index (χ3n) is 1.94. The lowest BCUT2D eigenvalue weighted by Gasteiger charge is -2.13. The predicted octanol–water partition coefficient (Wildman–Crippen LogP) is -1.40. The molecule has 0 aromatic rings. The number of methoxy groups -OCH3 is 1. The van der Waals surface area contributed by atoms with E-state index in [0.29, 0.717) is 12.8 Å². The first kappa shape index (κ1) is 11.4. The lowest BCUT2D eigenvalue weighted by Crippen LogP contribution is -2.45. The molecule has 0 aliphatic heterocycles. The number of carbonyl (C=O) groups is 1. The van der Waals surface area contributed by atoms with E-state index in [1.54, 1.807) is 0 Å². The van der Waals surface area contributed by atoms with Crippen molar-refractivity contribution < 1.29 is 23.1 Å². The third-order valence-corrected chi connectivity index (χ3v) is 3.90. The number of rotatable bonds is 5. The van der Waals surface area contributed by atoms with E-state index in [0.717, 1.165) is 7.11 Å². The van der Waals surface area contributed by atoms with Crippen LogP contribution in [-0.2, 0) is 19.6 Å². The molecule has 0 aromatic heterocycles. The zero-order chi connectivity index (χ0) is 10.8. The Kier molecular flexibility index (Phi) is 3.46. The number of esters is 1. The number of hydrogen-bond acceptors (Lipinski definition) is 5. The molecule has 1 rings (SSSR count). The Hall–Kier alpha value is -0.660. The Balaban J connectivity index is 2.59. The molecule has 1 aliphatic carbocycles. The van der Waals surface area contributed by atoms with E-state index in [-0.39, 0.29) is 0 Å². The second kappa shape index (κ2) is 4.24. The summed E-state index contributed by atoms with van der Waals surface area (Å²) < 4.78 is 29.1. The summed E-state index contributed by atoms with van der Waals surface area (Å²) in [6.07, 6.45) is 1.21. The highest BCUT2D eigenvalue weighted by Crippen LogP contribution is 2.27. The Morgan fingerprint density at radius 3 is 2.57 bits per heavy atom. The second-order valence-electron chi connectivity index (χ2n) is 3.12. The summed E-state index contributed by atoms with van der Waals surface area (Å²) in [7, 11) is -2.33. The Bertz CT molecular complexity index is 308. The minimum absolute atomic E-state index is 0.416. The van der Waals surface area contributed by atoms with Gasteiger partial charge in [0.25, 0.3) is 0 Å². The SMILES string of the molecule is COC(=O)C(CO)NS(=O)(=O)C1CC1. The van der Waals surface area contributed by atoms with Crippen molar-refractivity contribution in [3.63, 3.8) is 0 Å². The molecule has 1 fully saturated rings. The van der Waals surface area contributed by atoms with Crippen molar-refractivity contribution in [3.05, 3.63) is 0 Å². The van der Waals surface area contributed by atoms with Gasteiger partial charge < -0.3 is 9.84 Å². The van der Waals surface area contributed by atoms with Crippen LogP contribution in [0.3, 0.4) is 0 Å². The molecule has 0 heterocycles. The first-order valence-electron chi connectivity index (χ1n) is 4.21. The van der Waals surface area contributed by atoms with Gasteiger partial charge >= 0.3 is 5.97 Å². The van der Waals surface area contributed by atoms with Crippen molar-refractivity contribution in [2.75, 3.05) is 13.7 Å². The molecule has 1 atom stereocenters. The van der Waals surface area contributed by atoms with Crippen LogP contribution in [0.4, 0.5) is 0 Å². The van der Waals surface area contributed by atoms with Gasteiger partial charge in [-0.15, -0.1) is 0 Å². The van der Waals surface area contributed by atoms with Gasteiger partial charge in [-0.2, -0.15) is 4.72 Å². The maximum absolute atomic E-state index is 11.4. The molecule has 0 aromatic carbocycles. The van der Waals surface area contributed by atoms with Gasteiger partial charge in [-0.1, -0.05) is 0 Å². The van der Waals surface area contributed by atoms with Gasteiger partial charge in [0, 0.05) is 0 Å². The molecule has 0 spiro atoms. The van der Waals surface area contributed by atoms with Crippen LogP contribution in [0.1, 0.15) is 12.8 Å². The highest BCUT2D eigenvalue weighted by atomic mass is 32.2. The minimum Gasteiger partial charge on any atom is -0.468 e. The number of aliphatic hydroxyl groups is 1. The van der Waals surface area contributed by atoms with Crippen LogP contribution in [-0.4, -0.2) is 44.5 Å². The summed E-state index contributed by atoms with van der Waals surface area (Å²) in [6, 6.07) is -1.19. The maximum Gasteiger partial charge on any atom is 0.326 e. The quantitative estimate of drug-likeness (QED) is 0.559. The van der Waals surface area contributed by atoms with Crippen molar-refractivity contribution in [2.24, 2.45) is 0 Å². The molecule has 6 nitrogen and oxygen atoms in total. The van der Waals surface area contributed by atoms with Crippen LogP contribution in [0.15, 0.2) is 0 Å². The number of carbonyl (C=O) groups excluding carboxylic acids is 1. The van der Waals surface area contributed by atoms with Crippen molar-refractivity contribution >= 4 is 16.0 Å². The van der Waals surface area contributed by atoms with Gasteiger partial charge in [0.2, 0.25) is 10.0 Å². The van der Waals surface area contributed by atoms with Crippen molar-refractivity contribution in [3.8, 4) is 0 Å². The van der Waals surface area contributed by atoms with Gasteiger partial charge in [0.05, 0.1) is 19.0 Å². The zero-order valence-corrected chi connectivity index (χ0v) is 8.58. The molecule has 0 radical (unpaired) electrons. The molecule has 14 heavy (non-hydrogen) atoms. The molecule has 7 heteroatoms. The van der Waals surface area contributed by atoms with Crippen LogP contribution < -0.4 is 4.72 Å². The standard InChI is InChI=1S/C7H13NO5S/c1-13-7(10)6(4-9)8-14(11,12)5-2-3-5/h5-6,8-9H,2-4H2,1H3. The molecule has 2 N–H and O–H groups in total. The van der Waals surface area contributed by atoms with Gasteiger partial charge in [-0.25, -0.2) is 8.42 Å². The van der Waals surface area contributed by atoms with Crippen LogP contribution in [0.2, 0.25) is 0 Å². The molecular formula is C7H13NO5S. The van der Waals surface area contributed by atoms with E-state index >= 15 is 0 Å². The molecule has 1 aliphatic rings. The van der Waals surface area contributed by atoms with Gasteiger partial charge in [-0.05, 0) is 12.8 Å². The molecule has 1 saturated carbocycles. The number of hydrogen-bond donors (Lipinski definition) is 2. The fraction of sp³-hybridized carbons (Fsp3) is 0.857. The van der Waals surface area contributed by atoms with Gasteiger partial charge in [0.15, 0.2) is 0 Å². The average molecular weight is 223 g/mol. The summed E-state index contributed by atoms with van der Waals surface area (Å²) in [5, 5.41) is 8.35. The highest BCUT2D eigenvalue weighted by molar-refractivity contribution is 7.90. The highest BCUT2D eigenvalue weighted by Gasteiger charge is 2.38. The summed E-state index contributed by atoms with van der Waals surface area (Å²) >= 11 is 0. The predicted molar refractivity (Wildman–Crippen MR) is 48.0 cm³/mol. The van der Waals surface area contributed by atoms with E-state index in [4.69, 9.17) is 5.11 Å². The molecule has 0 saturated heterocycles. The van der Waals surface area contributed by atoms with E-state index in [2.05, 4.69) is 9.46 Å². The smallest absolute Gasteiger partial charge is 0.326 e. The van der Waals surface area contributed by atoms with Crippen LogP contribution in [0.5, 0.6) is 0 Å². The number of sulfonamides is 1. The summed E-state index contributed by atoms with van der Waals surface area (Å²) in [5.41, 5.74) is 0. The Morgan fingerprint density at radius 1 is 1.64 bits per heavy atom. The van der Waals surface area contributed by atoms with Gasteiger partial charge in [-0.3, -0.25) is 4.79 Å². The van der Waals surface area contributed by atoms with E-state index in [1.165, 1.54) is 0 Å². The fourth-order valence-electron chi connectivity index (χ4n) is 0.975. The lowest BCUT2D eigenvalue weighted by atomic mass is 10.3. The summed E-state index contributed by atoms with van der Waals surface area (Å²) in [6.45, 7) is -0.599. The van der Waals surface area contributed by atoms with Gasteiger partial charge in [0.1, 0.15) is 6.04 Å². The first-order chi connectivity index (χ1) is 6.51. The molecule has 1 unspecified atom stereocenters. The van der Waals surface area contributed by atoms with Crippen molar-refractivity contribution in [1.82, 2.24) is 4.72 Å². The zero-order valence-electron chi connectivity index (χ0n) is 7.76. The molecular weight excluding hydrogens is 210 g/mol. The van der Waals surface area contributed by atoms with E-state index < -0.39 is 33.9 Å². The maximum atomic E-state index is 11.4. The first-order valence-corrected chi connectivity index (χ1v) is 5.75.